The molecule has 0 N–H and O–H groups in total. The number of hydrogen-bond acceptors (Lipinski definition) is 0. The van der Waals surface area contributed by atoms with Gasteiger partial charge in [-0.2, -0.15) is 0 Å². The summed E-state index contributed by atoms with van der Waals surface area (Å²) in [6.07, 6.45) is 11.5. The van der Waals surface area contributed by atoms with Crippen molar-refractivity contribution in [1.82, 2.24) is 0 Å². The van der Waals surface area contributed by atoms with Crippen LogP contribution >= 0.6 is 0 Å². The van der Waals surface area contributed by atoms with Crippen molar-refractivity contribution in [2.24, 2.45) is 0 Å². The van der Waals surface area contributed by atoms with Gasteiger partial charge in [-0.05, 0) is 0 Å². The number of hydrogen-bond donors (Lipinski definition) is 0. The summed E-state index contributed by atoms with van der Waals surface area (Å²) in [6, 6.07) is 9.29. The van der Waals surface area contributed by atoms with E-state index < -0.39 is 13.3 Å². The molecular formula is C22H24Ge. The van der Waals surface area contributed by atoms with Crippen molar-refractivity contribution < 1.29 is 0 Å². The topological polar surface area (TPSA) is 0 Å². The van der Waals surface area contributed by atoms with Gasteiger partial charge in [-0.3, -0.25) is 0 Å². The van der Waals surface area contributed by atoms with Crippen LogP contribution in [-0.2, 0) is 12.8 Å². The van der Waals surface area contributed by atoms with E-state index in [-0.39, 0.29) is 0 Å². The molecule has 2 aromatic rings. The van der Waals surface area contributed by atoms with E-state index in [4.69, 9.17) is 0 Å². The van der Waals surface area contributed by atoms with Gasteiger partial charge in [0.25, 0.3) is 0 Å². The Hall–Kier alpha value is -1.54. The minimum absolute atomic E-state index is 1.12. The molecule has 116 valence electrons. The second kappa shape index (κ2) is 5.24. The average molecular weight is 361 g/mol. The van der Waals surface area contributed by atoms with Gasteiger partial charge in [-0.15, -0.1) is 0 Å². The Morgan fingerprint density at radius 1 is 0.696 bits per heavy atom. The maximum atomic E-state index is 2.60. The maximum absolute atomic E-state index is 2.60. The van der Waals surface area contributed by atoms with Crippen molar-refractivity contribution in [1.29, 1.82) is 0 Å². The summed E-state index contributed by atoms with van der Waals surface area (Å²) < 4.78 is 3.44. The number of aryl methyl sites for hydroxylation is 2. The Morgan fingerprint density at radius 3 is 1.57 bits per heavy atom. The molecular weight excluding hydrogens is 337 g/mol. The predicted octanol–water partition coefficient (Wildman–Crippen LogP) is 4.26. The van der Waals surface area contributed by atoms with Gasteiger partial charge in [0, 0.05) is 0 Å². The molecule has 4 rings (SSSR count). The van der Waals surface area contributed by atoms with Crippen LogP contribution in [0.25, 0.3) is 12.2 Å². The molecule has 0 radical (unpaired) electrons. The molecule has 0 atom stereocenters. The first-order valence-corrected chi connectivity index (χ1v) is 14.9. The molecule has 2 aliphatic carbocycles. The van der Waals surface area contributed by atoms with Crippen LogP contribution in [0.3, 0.4) is 0 Å². The zero-order valence-electron chi connectivity index (χ0n) is 14.5. The molecule has 2 aliphatic rings. The SMILES string of the molecule is Cc1ccc2c([c]1[Ge]([CH3])([CH3])[c]1c(C)ccc3c1CC=C3)CC=C2. The molecule has 0 amide bonds. The summed E-state index contributed by atoms with van der Waals surface area (Å²) in [5, 5.41) is 0. The molecule has 0 heterocycles. The van der Waals surface area contributed by atoms with Crippen molar-refractivity contribution in [2.75, 3.05) is 0 Å². The fourth-order valence-corrected chi connectivity index (χ4v) is 14.0. The third kappa shape index (κ3) is 2.19. The summed E-state index contributed by atoms with van der Waals surface area (Å²) in [4.78, 5) is 0. The number of allylic oxidation sites excluding steroid dienone is 2. The molecule has 0 aromatic heterocycles. The van der Waals surface area contributed by atoms with Crippen LogP contribution in [-0.4, -0.2) is 13.3 Å². The van der Waals surface area contributed by atoms with E-state index in [0.717, 1.165) is 12.8 Å². The Morgan fingerprint density at radius 2 is 1.13 bits per heavy atom. The zero-order chi connectivity index (χ0) is 16.2. The van der Waals surface area contributed by atoms with Crippen LogP contribution in [0.15, 0.2) is 36.4 Å². The summed E-state index contributed by atoms with van der Waals surface area (Å²) in [5.41, 5.74) is 9.12. The van der Waals surface area contributed by atoms with Crippen LogP contribution in [0.4, 0.5) is 0 Å². The van der Waals surface area contributed by atoms with Gasteiger partial charge in [0.1, 0.15) is 0 Å². The second-order valence-corrected chi connectivity index (χ2v) is 16.4. The normalized spacial score (nSPS) is 15.1. The van der Waals surface area contributed by atoms with Crippen molar-refractivity contribution in [3.8, 4) is 0 Å². The third-order valence-electron chi connectivity index (χ3n) is 5.60. The van der Waals surface area contributed by atoms with Crippen LogP contribution in [0, 0.1) is 13.8 Å². The molecule has 0 nitrogen and oxygen atoms in total. The van der Waals surface area contributed by atoms with Gasteiger partial charge in [-0.25, -0.2) is 0 Å². The summed E-state index contributed by atoms with van der Waals surface area (Å²) in [6.45, 7) is 4.63. The van der Waals surface area contributed by atoms with E-state index in [1.165, 1.54) is 22.3 Å². The van der Waals surface area contributed by atoms with Crippen molar-refractivity contribution in [2.45, 2.75) is 38.2 Å². The predicted molar refractivity (Wildman–Crippen MR) is 105 cm³/mol. The van der Waals surface area contributed by atoms with E-state index in [2.05, 4.69) is 73.9 Å². The molecule has 23 heavy (non-hydrogen) atoms. The van der Waals surface area contributed by atoms with E-state index in [1.54, 1.807) is 19.9 Å². The van der Waals surface area contributed by atoms with Gasteiger partial charge in [0.2, 0.25) is 0 Å². The van der Waals surface area contributed by atoms with Crippen LogP contribution in [0.1, 0.15) is 33.4 Å². The van der Waals surface area contributed by atoms with Gasteiger partial charge in [0.15, 0.2) is 0 Å². The summed E-state index contributed by atoms with van der Waals surface area (Å²) >= 11 is -2.36. The fraction of sp³-hybridized carbons (Fsp3) is 0.273. The Kier molecular flexibility index (Phi) is 3.42. The Balaban J connectivity index is 1.98. The van der Waals surface area contributed by atoms with Gasteiger partial charge in [0.05, 0.1) is 0 Å². The first kappa shape index (κ1) is 15.0. The van der Waals surface area contributed by atoms with Crippen LogP contribution in [0.2, 0.25) is 11.5 Å². The van der Waals surface area contributed by atoms with Crippen LogP contribution < -0.4 is 8.79 Å². The number of benzene rings is 2. The Bertz CT molecular complexity index is 795. The quantitative estimate of drug-likeness (QED) is 0.702. The molecule has 0 saturated heterocycles. The van der Waals surface area contributed by atoms with Crippen LogP contribution in [0.5, 0.6) is 0 Å². The molecule has 0 unspecified atom stereocenters. The van der Waals surface area contributed by atoms with Gasteiger partial charge in [-0.1, -0.05) is 0 Å². The second-order valence-electron chi connectivity index (χ2n) is 7.49. The molecule has 0 aliphatic heterocycles. The third-order valence-corrected chi connectivity index (χ3v) is 13.8. The monoisotopic (exact) mass is 362 g/mol. The van der Waals surface area contributed by atoms with E-state index in [1.807, 2.05) is 0 Å². The number of rotatable bonds is 2. The van der Waals surface area contributed by atoms with Crippen molar-refractivity contribution in [3.05, 3.63) is 69.8 Å². The minimum atomic E-state index is -2.36. The first-order valence-electron chi connectivity index (χ1n) is 8.59. The van der Waals surface area contributed by atoms with Crippen molar-refractivity contribution >= 4 is 34.2 Å². The standard InChI is InChI=1S/C22H24Ge/c1-15-11-13-17-7-5-9-19(17)21(15)23(3,4)22-16(2)12-14-18-8-6-10-20(18)22/h5-8,11-14H,9-10H2,1-4H3. The number of fused-ring (bicyclic) bond motifs is 2. The molecule has 1 heteroatoms. The first-order chi connectivity index (χ1) is 11.0. The fourth-order valence-electron chi connectivity index (χ4n) is 4.79. The molecule has 0 bridgehead atoms. The van der Waals surface area contributed by atoms with E-state index in [9.17, 15) is 0 Å². The molecule has 0 spiro atoms. The zero-order valence-corrected chi connectivity index (χ0v) is 16.6. The molecule has 0 saturated carbocycles. The van der Waals surface area contributed by atoms with Crippen molar-refractivity contribution in [3.63, 3.8) is 0 Å². The van der Waals surface area contributed by atoms with Gasteiger partial charge >= 0.3 is 142 Å². The molecule has 0 fully saturated rings. The molecule has 2 aromatic carbocycles. The average Bonchev–Trinajstić information content (AvgIpc) is 3.14. The Labute approximate surface area is 142 Å². The summed E-state index contributed by atoms with van der Waals surface area (Å²) in [5.74, 6) is 5.20. The van der Waals surface area contributed by atoms with Gasteiger partial charge < -0.3 is 0 Å². The van der Waals surface area contributed by atoms with E-state index >= 15 is 0 Å². The summed E-state index contributed by atoms with van der Waals surface area (Å²) in [7, 11) is 0. The van der Waals surface area contributed by atoms with E-state index in [0.29, 0.717) is 0 Å².